The smallest absolute Gasteiger partial charge is 0.0150 e. The van der Waals surface area contributed by atoms with Crippen LogP contribution in [0.5, 0.6) is 0 Å². The van der Waals surface area contributed by atoms with Crippen molar-refractivity contribution in [3.63, 3.8) is 0 Å². The Hall–Kier alpha value is -1.56. The van der Waals surface area contributed by atoms with Crippen molar-refractivity contribution in [2.75, 3.05) is 0 Å². The first-order valence-electron chi connectivity index (χ1n) is 5.78. The van der Waals surface area contributed by atoms with E-state index in [0.717, 1.165) is 6.42 Å². The first-order chi connectivity index (χ1) is 7.74. The van der Waals surface area contributed by atoms with Gasteiger partial charge in [0.1, 0.15) is 0 Å². The van der Waals surface area contributed by atoms with Gasteiger partial charge in [-0.1, -0.05) is 56.0 Å². The van der Waals surface area contributed by atoms with Gasteiger partial charge in [0.05, 0.1) is 0 Å². The monoisotopic (exact) mass is 212 g/mol. The summed E-state index contributed by atoms with van der Waals surface area (Å²) >= 11 is 0. The molecular weight excluding hydrogens is 192 g/mol. The Morgan fingerprint density at radius 2 is 2.00 bits per heavy atom. The molecule has 0 unspecified atom stereocenters. The molecule has 1 aromatic rings. The molecule has 1 aromatic carbocycles. The van der Waals surface area contributed by atoms with Crippen molar-refractivity contribution in [1.82, 2.24) is 0 Å². The molecule has 0 aliphatic heterocycles. The molecule has 0 bridgehead atoms. The Bertz CT molecular complexity index is 419. The molecule has 0 fully saturated rings. The zero-order valence-corrected chi connectivity index (χ0v) is 10.5. The summed E-state index contributed by atoms with van der Waals surface area (Å²) in [7, 11) is 0. The van der Waals surface area contributed by atoms with Gasteiger partial charge in [-0.25, -0.2) is 0 Å². The second-order valence-electron chi connectivity index (χ2n) is 3.81. The molecule has 0 radical (unpaired) electrons. The van der Waals surface area contributed by atoms with Gasteiger partial charge in [0.25, 0.3) is 0 Å². The minimum absolute atomic E-state index is 1.05. The van der Waals surface area contributed by atoms with E-state index in [1.807, 2.05) is 13.0 Å². The van der Waals surface area contributed by atoms with Gasteiger partial charge in [0.15, 0.2) is 0 Å². The molecule has 0 amide bonds. The van der Waals surface area contributed by atoms with E-state index < -0.39 is 0 Å². The molecule has 0 aliphatic carbocycles. The minimum atomic E-state index is 1.05. The molecule has 0 spiro atoms. The predicted octanol–water partition coefficient (Wildman–Crippen LogP) is 4.78. The maximum absolute atomic E-state index is 3.92. The number of benzene rings is 1. The number of allylic oxidation sites excluding steroid dienone is 5. The van der Waals surface area contributed by atoms with Crippen molar-refractivity contribution in [2.24, 2.45) is 0 Å². The fourth-order valence-electron chi connectivity index (χ4n) is 1.91. The van der Waals surface area contributed by atoms with Crippen LogP contribution < -0.4 is 0 Å². The third-order valence-electron chi connectivity index (χ3n) is 2.73. The summed E-state index contributed by atoms with van der Waals surface area (Å²) in [5.74, 6) is 0. The quantitative estimate of drug-likeness (QED) is 0.630. The maximum Gasteiger partial charge on any atom is -0.0150 e. The first-order valence-corrected chi connectivity index (χ1v) is 5.78. The van der Waals surface area contributed by atoms with E-state index >= 15 is 0 Å². The van der Waals surface area contributed by atoms with Crippen LogP contribution >= 0.6 is 0 Å². The molecular formula is C16H20. The van der Waals surface area contributed by atoms with Crippen LogP contribution in [0, 0.1) is 0 Å². The Balaban J connectivity index is 3.34. The van der Waals surface area contributed by atoms with Crippen LogP contribution in [0.25, 0.3) is 5.57 Å². The molecule has 0 saturated heterocycles. The van der Waals surface area contributed by atoms with E-state index in [4.69, 9.17) is 0 Å². The number of hydrogen-bond donors (Lipinski definition) is 0. The summed E-state index contributed by atoms with van der Waals surface area (Å²) < 4.78 is 0. The van der Waals surface area contributed by atoms with Gasteiger partial charge in [-0.2, -0.15) is 0 Å². The highest BCUT2D eigenvalue weighted by Gasteiger charge is 2.04. The molecule has 0 nitrogen and oxygen atoms in total. The molecule has 0 saturated carbocycles. The van der Waals surface area contributed by atoms with Crippen LogP contribution in [-0.2, 0) is 6.42 Å². The fourth-order valence-corrected chi connectivity index (χ4v) is 1.91. The van der Waals surface area contributed by atoms with Gasteiger partial charge < -0.3 is 0 Å². The minimum Gasteiger partial charge on any atom is -0.0984 e. The molecule has 16 heavy (non-hydrogen) atoms. The standard InChI is InChI=1S/C16H20/c1-5-10-13(4)15(7-3)16-12-9-8-11-14(16)6-2/h5,7-12H,3,6H2,1-2,4H3/b10-5-,15-13+. The molecule has 0 N–H and O–H groups in total. The van der Waals surface area contributed by atoms with Crippen molar-refractivity contribution in [3.05, 3.63) is 65.8 Å². The third-order valence-corrected chi connectivity index (χ3v) is 2.73. The zero-order valence-electron chi connectivity index (χ0n) is 10.5. The lowest BCUT2D eigenvalue weighted by Gasteiger charge is -2.10. The maximum atomic E-state index is 3.92. The lowest BCUT2D eigenvalue weighted by molar-refractivity contribution is 1.13. The van der Waals surface area contributed by atoms with Gasteiger partial charge in [-0.3, -0.25) is 0 Å². The topological polar surface area (TPSA) is 0 Å². The van der Waals surface area contributed by atoms with E-state index in [1.165, 1.54) is 22.3 Å². The second-order valence-corrected chi connectivity index (χ2v) is 3.81. The SMILES string of the molecule is C=C/C(=C(C)\C=C/C)c1ccccc1CC. The van der Waals surface area contributed by atoms with Crippen LogP contribution in [0.3, 0.4) is 0 Å². The van der Waals surface area contributed by atoms with Crippen LogP contribution in [0.1, 0.15) is 31.9 Å². The summed E-state index contributed by atoms with van der Waals surface area (Å²) in [5, 5.41) is 0. The van der Waals surface area contributed by atoms with Crippen molar-refractivity contribution >= 4 is 5.57 Å². The number of aryl methyl sites for hydroxylation is 1. The largest absolute Gasteiger partial charge is 0.0984 e. The molecule has 0 atom stereocenters. The van der Waals surface area contributed by atoms with Crippen LogP contribution in [-0.4, -0.2) is 0 Å². The van der Waals surface area contributed by atoms with E-state index in [9.17, 15) is 0 Å². The molecule has 1 rings (SSSR count). The Morgan fingerprint density at radius 3 is 2.56 bits per heavy atom. The van der Waals surface area contributed by atoms with Crippen molar-refractivity contribution in [3.8, 4) is 0 Å². The van der Waals surface area contributed by atoms with Crippen LogP contribution in [0.4, 0.5) is 0 Å². The summed E-state index contributed by atoms with van der Waals surface area (Å²) in [6, 6.07) is 8.53. The average Bonchev–Trinajstić information content (AvgIpc) is 2.31. The van der Waals surface area contributed by atoms with E-state index in [-0.39, 0.29) is 0 Å². The highest BCUT2D eigenvalue weighted by Crippen LogP contribution is 2.24. The Labute approximate surface area is 99.0 Å². The van der Waals surface area contributed by atoms with Crippen molar-refractivity contribution in [1.29, 1.82) is 0 Å². The molecule has 0 heteroatoms. The molecule has 0 heterocycles. The highest BCUT2D eigenvalue weighted by molar-refractivity contribution is 5.79. The summed E-state index contributed by atoms with van der Waals surface area (Å²) in [5.41, 5.74) is 5.17. The van der Waals surface area contributed by atoms with Crippen molar-refractivity contribution < 1.29 is 0 Å². The second kappa shape index (κ2) is 6.12. The average molecular weight is 212 g/mol. The summed E-state index contributed by atoms with van der Waals surface area (Å²) in [6.07, 6.45) is 7.19. The van der Waals surface area contributed by atoms with Crippen LogP contribution in [0.2, 0.25) is 0 Å². The molecule has 0 aromatic heterocycles. The first kappa shape index (κ1) is 12.5. The van der Waals surface area contributed by atoms with Gasteiger partial charge in [-0.15, -0.1) is 0 Å². The highest BCUT2D eigenvalue weighted by atomic mass is 14.1. The predicted molar refractivity (Wildman–Crippen MR) is 73.4 cm³/mol. The Morgan fingerprint density at radius 1 is 1.31 bits per heavy atom. The third kappa shape index (κ3) is 2.73. The molecule has 84 valence electrons. The van der Waals surface area contributed by atoms with Gasteiger partial charge in [0, 0.05) is 0 Å². The summed E-state index contributed by atoms with van der Waals surface area (Å²) in [6.45, 7) is 10.3. The lowest BCUT2D eigenvalue weighted by atomic mass is 9.94. The zero-order chi connectivity index (χ0) is 12.0. The molecule has 0 aliphatic rings. The van der Waals surface area contributed by atoms with Gasteiger partial charge in [0.2, 0.25) is 0 Å². The summed E-state index contributed by atoms with van der Waals surface area (Å²) in [4.78, 5) is 0. The Kier molecular flexibility index (Phi) is 4.78. The van der Waals surface area contributed by atoms with E-state index in [1.54, 1.807) is 0 Å². The van der Waals surface area contributed by atoms with Gasteiger partial charge in [-0.05, 0) is 42.5 Å². The van der Waals surface area contributed by atoms with E-state index in [2.05, 4.69) is 56.8 Å². The lowest BCUT2D eigenvalue weighted by Crippen LogP contribution is -1.91. The van der Waals surface area contributed by atoms with Crippen molar-refractivity contribution in [2.45, 2.75) is 27.2 Å². The van der Waals surface area contributed by atoms with Gasteiger partial charge >= 0.3 is 0 Å². The number of rotatable bonds is 4. The van der Waals surface area contributed by atoms with Crippen LogP contribution in [0.15, 0.2) is 54.6 Å². The normalized spacial score (nSPS) is 12.7. The van der Waals surface area contributed by atoms with E-state index in [0.29, 0.717) is 0 Å². The number of hydrogen-bond acceptors (Lipinski definition) is 0. The fraction of sp³-hybridized carbons (Fsp3) is 0.250.